The third kappa shape index (κ3) is 2.71. The Morgan fingerprint density at radius 1 is 0.553 bits per heavy atom. The predicted octanol–water partition coefficient (Wildman–Crippen LogP) is 3.54. The Balaban J connectivity index is 1.08. The molecule has 4 amide bonds. The Morgan fingerprint density at radius 3 is 1.24 bits per heavy atom. The molecule has 8 rings (SSSR count). The second kappa shape index (κ2) is 7.47. The van der Waals surface area contributed by atoms with Gasteiger partial charge in [-0.25, -0.2) is 9.80 Å². The minimum Gasteiger partial charge on any atom is -0.289 e. The van der Waals surface area contributed by atoms with Crippen LogP contribution in [0.5, 0.6) is 0 Å². The van der Waals surface area contributed by atoms with Gasteiger partial charge < -0.3 is 0 Å². The van der Waals surface area contributed by atoms with E-state index in [4.69, 9.17) is 0 Å². The van der Waals surface area contributed by atoms with Crippen LogP contribution in [0.3, 0.4) is 0 Å². The van der Waals surface area contributed by atoms with Crippen molar-refractivity contribution >= 4 is 40.8 Å². The zero-order valence-corrected chi connectivity index (χ0v) is 20.4. The Labute approximate surface area is 218 Å². The van der Waals surface area contributed by atoms with Crippen LogP contribution < -0.4 is 9.80 Å². The quantitative estimate of drug-likeness (QED) is 0.361. The van der Waals surface area contributed by atoms with Crippen molar-refractivity contribution in [1.29, 1.82) is 0 Å². The van der Waals surface area contributed by atoms with Gasteiger partial charge in [0.25, 0.3) is 0 Å². The molecule has 0 unspecified atom stereocenters. The van der Waals surface area contributed by atoms with Gasteiger partial charge in [-0.05, 0) is 60.8 Å². The monoisotopic (exact) mass is 504 g/mol. The molecule has 2 aromatic rings. The fraction of sp³-hybridized carbons (Fsp3) is 0.323. The van der Waals surface area contributed by atoms with Crippen molar-refractivity contribution in [1.82, 2.24) is 0 Å². The number of amides is 4. The van der Waals surface area contributed by atoms with Gasteiger partial charge in [0.15, 0.2) is 5.78 Å². The summed E-state index contributed by atoms with van der Waals surface area (Å²) in [5.74, 6) is -1.87. The Morgan fingerprint density at radius 2 is 0.895 bits per heavy atom. The normalized spacial score (nSPS) is 35.7. The molecule has 2 saturated heterocycles. The molecule has 2 aromatic carbocycles. The van der Waals surface area contributed by atoms with Crippen LogP contribution in [0.1, 0.15) is 28.8 Å². The zero-order chi connectivity index (χ0) is 25.9. The number of imide groups is 2. The maximum absolute atomic E-state index is 13.5. The van der Waals surface area contributed by atoms with Crippen molar-refractivity contribution in [2.45, 2.75) is 12.8 Å². The van der Waals surface area contributed by atoms with E-state index in [1.165, 1.54) is 9.80 Å². The van der Waals surface area contributed by atoms with E-state index in [-0.39, 0.29) is 76.8 Å². The number of nitrogens with zero attached hydrogens (tertiary/aromatic N) is 2. The first-order valence-corrected chi connectivity index (χ1v) is 13.3. The largest absolute Gasteiger partial charge is 0.289 e. The van der Waals surface area contributed by atoms with Crippen molar-refractivity contribution in [2.75, 3.05) is 9.80 Å². The van der Waals surface area contributed by atoms with E-state index in [1.807, 2.05) is 0 Å². The Bertz CT molecular complexity index is 1380. The molecule has 2 aliphatic heterocycles. The molecule has 2 saturated carbocycles. The van der Waals surface area contributed by atoms with Crippen molar-refractivity contribution in [3.8, 4) is 0 Å². The molecule has 7 heteroatoms. The molecule has 4 aliphatic carbocycles. The average molecular weight is 505 g/mol. The van der Waals surface area contributed by atoms with Crippen LogP contribution in [0.4, 0.5) is 11.4 Å². The zero-order valence-electron chi connectivity index (χ0n) is 20.4. The highest BCUT2D eigenvalue weighted by Crippen LogP contribution is 2.54. The second-order valence-electron chi connectivity index (χ2n) is 11.5. The van der Waals surface area contributed by atoms with E-state index in [0.29, 0.717) is 22.5 Å². The van der Waals surface area contributed by atoms with Gasteiger partial charge in [0.05, 0.1) is 35.0 Å². The summed E-state index contributed by atoms with van der Waals surface area (Å²) in [6.45, 7) is 0. The highest BCUT2D eigenvalue weighted by Gasteiger charge is 2.60. The Kier molecular flexibility index (Phi) is 4.30. The summed E-state index contributed by atoms with van der Waals surface area (Å²) in [6.07, 6.45) is 9.93. The molecule has 6 aliphatic rings. The molecule has 0 aromatic heterocycles. The summed E-state index contributed by atoms with van der Waals surface area (Å²) in [5.41, 5.74) is 1.46. The molecular formula is C31H24N2O5. The number of benzene rings is 2. The van der Waals surface area contributed by atoms with Crippen LogP contribution in [0.15, 0.2) is 72.8 Å². The topological polar surface area (TPSA) is 91.8 Å². The Hall–Kier alpha value is -4.13. The molecule has 2 heterocycles. The lowest BCUT2D eigenvalue weighted by molar-refractivity contribution is -0.124. The molecule has 8 atom stereocenters. The highest BCUT2D eigenvalue weighted by atomic mass is 16.2. The highest BCUT2D eigenvalue weighted by molar-refractivity contribution is 6.24. The molecule has 0 N–H and O–H groups in total. The second-order valence-corrected chi connectivity index (χ2v) is 11.5. The number of carbonyl (C=O) groups is 5. The maximum atomic E-state index is 13.5. The van der Waals surface area contributed by atoms with Crippen LogP contribution in [0.2, 0.25) is 0 Å². The predicted molar refractivity (Wildman–Crippen MR) is 137 cm³/mol. The van der Waals surface area contributed by atoms with Crippen molar-refractivity contribution in [3.63, 3.8) is 0 Å². The minimum absolute atomic E-state index is 0.112. The van der Waals surface area contributed by atoms with Crippen LogP contribution >= 0.6 is 0 Å². The standard InChI is InChI=1S/C31H24N2O5/c34-27(19-3-1-5-21(13-19)32-28(35)23-15-7-8-16(11-15)24(23)29(32)36)20-4-2-6-22(14-20)33-30(37)25-17-9-10-18(12-17)26(25)31(33)38/h1-10,13-18,23-26H,11-12H2/t15-,16+,17-,18+,23-,24+,25-,26+. The van der Waals surface area contributed by atoms with Gasteiger partial charge in [-0.15, -0.1) is 0 Å². The van der Waals surface area contributed by atoms with Crippen LogP contribution in [-0.4, -0.2) is 29.4 Å². The lowest BCUT2D eigenvalue weighted by Crippen LogP contribution is -2.33. The van der Waals surface area contributed by atoms with Gasteiger partial charge in [-0.2, -0.15) is 0 Å². The third-order valence-corrected chi connectivity index (χ3v) is 9.67. The van der Waals surface area contributed by atoms with Gasteiger partial charge in [0, 0.05) is 11.1 Å². The van der Waals surface area contributed by atoms with E-state index >= 15 is 0 Å². The van der Waals surface area contributed by atoms with Crippen LogP contribution in [0, 0.1) is 47.3 Å². The number of carbonyl (C=O) groups excluding carboxylic acids is 5. The first-order chi connectivity index (χ1) is 18.4. The molecule has 4 fully saturated rings. The fourth-order valence-corrected chi connectivity index (χ4v) is 8.05. The fourth-order valence-electron chi connectivity index (χ4n) is 8.05. The smallest absolute Gasteiger partial charge is 0.238 e. The van der Waals surface area contributed by atoms with Crippen molar-refractivity contribution in [2.24, 2.45) is 47.3 Å². The molecular weight excluding hydrogens is 480 g/mol. The van der Waals surface area contributed by atoms with E-state index < -0.39 is 0 Å². The third-order valence-electron chi connectivity index (χ3n) is 9.67. The summed E-state index contributed by atoms with van der Waals surface area (Å²) in [7, 11) is 0. The van der Waals surface area contributed by atoms with Gasteiger partial charge in [0.1, 0.15) is 0 Å². The molecule has 0 radical (unpaired) electrons. The summed E-state index contributed by atoms with van der Waals surface area (Å²) in [4.78, 5) is 69.0. The molecule has 38 heavy (non-hydrogen) atoms. The van der Waals surface area contributed by atoms with Gasteiger partial charge in [-0.1, -0.05) is 48.6 Å². The van der Waals surface area contributed by atoms with Gasteiger partial charge >= 0.3 is 0 Å². The lowest BCUT2D eigenvalue weighted by Gasteiger charge is -2.19. The van der Waals surface area contributed by atoms with Crippen LogP contribution in [-0.2, 0) is 19.2 Å². The van der Waals surface area contributed by atoms with Crippen molar-refractivity contribution in [3.05, 3.63) is 84.0 Å². The minimum atomic E-state index is -0.311. The molecule has 0 spiro atoms. The number of hydrogen-bond donors (Lipinski definition) is 0. The number of hydrogen-bond acceptors (Lipinski definition) is 5. The maximum Gasteiger partial charge on any atom is 0.238 e. The van der Waals surface area contributed by atoms with E-state index in [2.05, 4.69) is 24.3 Å². The lowest BCUT2D eigenvalue weighted by atomic mass is 9.85. The van der Waals surface area contributed by atoms with Crippen LogP contribution in [0.25, 0.3) is 0 Å². The molecule has 188 valence electrons. The number of fused-ring (bicyclic) bond motifs is 10. The SMILES string of the molecule is O=C(c1cccc(N2C(=O)[C@@H]3[C@H](C2=O)[C@@H]2C=C[C@H]3C2)c1)c1cccc(N2C(=O)[C@@H]3[C@H](C2=O)[C@@H]2C=C[C@H]3C2)c1. The first kappa shape index (κ1) is 21.9. The number of rotatable bonds is 4. The average Bonchev–Trinajstić information content (AvgIpc) is 3.77. The summed E-state index contributed by atoms with van der Waals surface area (Å²) in [5, 5.41) is 0. The van der Waals surface area contributed by atoms with Gasteiger partial charge in [-0.3, -0.25) is 24.0 Å². The summed E-state index contributed by atoms with van der Waals surface area (Å²) in [6, 6.07) is 13.2. The van der Waals surface area contributed by atoms with Gasteiger partial charge in [0.2, 0.25) is 23.6 Å². The molecule has 7 nitrogen and oxygen atoms in total. The van der Waals surface area contributed by atoms with E-state index in [9.17, 15) is 24.0 Å². The molecule has 4 bridgehead atoms. The number of ketones is 1. The van der Waals surface area contributed by atoms with E-state index in [1.54, 1.807) is 48.5 Å². The summed E-state index contributed by atoms with van der Waals surface area (Å²) >= 11 is 0. The number of allylic oxidation sites excluding steroid dienone is 4. The van der Waals surface area contributed by atoms with E-state index in [0.717, 1.165) is 12.8 Å². The van der Waals surface area contributed by atoms with Crippen molar-refractivity contribution < 1.29 is 24.0 Å². The summed E-state index contributed by atoms with van der Waals surface area (Å²) < 4.78 is 0. The number of anilines is 2. The first-order valence-electron chi connectivity index (χ1n) is 13.3.